The molecule has 94 valence electrons. The van der Waals surface area contributed by atoms with Crippen molar-refractivity contribution in [3.05, 3.63) is 11.8 Å². The molecule has 17 heavy (non-hydrogen) atoms. The average Bonchev–Trinajstić information content (AvgIpc) is 2.33. The molecular weight excluding hydrogens is 216 g/mol. The molecule has 0 atom stereocenters. The Morgan fingerprint density at radius 2 is 2.06 bits per heavy atom. The third-order valence-corrected chi connectivity index (χ3v) is 3.21. The zero-order valence-corrected chi connectivity index (χ0v) is 10.7. The van der Waals surface area contributed by atoms with E-state index >= 15 is 0 Å². The van der Waals surface area contributed by atoms with Crippen LogP contribution in [-0.2, 0) is 4.74 Å². The van der Waals surface area contributed by atoms with Crippen LogP contribution in [-0.4, -0.2) is 35.8 Å². The van der Waals surface area contributed by atoms with Crippen molar-refractivity contribution in [3.8, 4) is 0 Å². The van der Waals surface area contributed by atoms with E-state index in [9.17, 15) is 0 Å². The Kier molecular flexibility index (Phi) is 3.47. The van der Waals surface area contributed by atoms with Gasteiger partial charge in [-0.15, -0.1) is 0 Å². The first-order valence-corrected chi connectivity index (χ1v) is 6.00. The van der Waals surface area contributed by atoms with Crippen molar-refractivity contribution in [2.24, 2.45) is 0 Å². The Bertz CT molecular complexity index is 388. The maximum atomic E-state index is 5.39. The molecule has 1 aliphatic heterocycles. The van der Waals surface area contributed by atoms with Crippen LogP contribution >= 0.6 is 0 Å². The molecule has 0 saturated carbocycles. The highest BCUT2D eigenvalue weighted by atomic mass is 16.5. The summed E-state index contributed by atoms with van der Waals surface area (Å²) in [7, 11) is 1.82. The number of aryl methyl sites for hydroxylation is 1. The van der Waals surface area contributed by atoms with Crippen LogP contribution in [0.15, 0.2) is 6.20 Å². The van der Waals surface area contributed by atoms with E-state index in [4.69, 9.17) is 4.74 Å². The van der Waals surface area contributed by atoms with Gasteiger partial charge in [0.25, 0.3) is 0 Å². The van der Waals surface area contributed by atoms with Gasteiger partial charge in [-0.05, 0) is 26.7 Å². The van der Waals surface area contributed by atoms with Gasteiger partial charge in [0, 0.05) is 37.6 Å². The quantitative estimate of drug-likeness (QED) is 0.838. The minimum Gasteiger partial charge on any atom is -0.381 e. The highest BCUT2D eigenvalue weighted by molar-refractivity contribution is 5.48. The van der Waals surface area contributed by atoms with Crippen molar-refractivity contribution in [1.29, 1.82) is 0 Å². The van der Waals surface area contributed by atoms with Crippen LogP contribution in [0.5, 0.6) is 0 Å². The molecule has 0 spiro atoms. The second kappa shape index (κ2) is 4.87. The van der Waals surface area contributed by atoms with E-state index in [-0.39, 0.29) is 5.54 Å². The van der Waals surface area contributed by atoms with E-state index < -0.39 is 0 Å². The minimum absolute atomic E-state index is 0.0718. The fourth-order valence-electron chi connectivity index (χ4n) is 1.92. The molecule has 0 aliphatic carbocycles. The largest absolute Gasteiger partial charge is 0.381 e. The molecule has 1 fully saturated rings. The Hall–Kier alpha value is -1.36. The molecule has 0 amide bonds. The minimum atomic E-state index is 0.0718. The molecule has 1 aromatic rings. The molecule has 1 saturated heterocycles. The normalized spacial score (nSPS) is 18.8. The average molecular weight is 236 g/mol. The molecule has 0 aromatic carbocycles. The summed E-state index contributed by atoms with van der Waals surface area (Å²) in [5.74, 6) is 1.56. The molecule has 5 nitrogen and oxygen atoms in total. The number of hydrogen-bond donors (Lipinski definition) is 2. The fourth-order valence-corrected chi connectivity index (χ4v) is 1.92. The smallest absolute Gasteiger partial charge is 0.224 e. The van der Waals surface area contributed by atoms with Gasteiger partial charge in [-0.2, -0.15) is 4.98 Å². The van der Waals surface area contributed by atoms with Crippen LogP contribution in [0.2, 0.25) is 0 Å². The van der Waals surface area contributed by atoms with E-state index in [2.05, 4.69) is 27.5 Å². The highest BCUT2D eigenvalue weighted by Gasteiger charge is 2.28. The van der Waals surface area contributed by atoms with Crippen LogP contribution < -0.4 is 10.6 Å². The molecule has 0 unspecified atom stereocenters. The number of nitrogens with one attached hydrogen (secondary N) is 2. The maximum absolute atomic E-state index is 5.39. The fraction of sp³-hybridized carbons (Fsp3) is 0.667. The predicted molar refractivity (Wildman–Crippen MR) is 68.4 cm³/mol. The van der Waals surface area contributed by atoms with E-state index in [0.29, 0.717) is 5.95 Å². The second-order valence-corrected chi connectivity index (χ2v) is 4.77. The standard InChI is InChI=1S/C12H20N4O/c1-9-8-14-11(13-3)15-10(9)16-12(2)4-6-17-7-5-12/h8H,4-7H2,1-3H3,(H2,13,14,15,16). The van der Waals surface area contributed by atoms with Gasteiger partial charge in [-0.25, -0.2) is 4.98 Å². The summed E-state index contributed by atoms with van der Waals surface area (Å²) in [6.07, 6.45) is 3.85. The summed E-state index contributed by atoms with van der Waals surface area (Å²) in [6, 6.07) is 0. The topological polar surface area (TPSA) is 59.1 Å². The Morgan fingerprint density at radius 1 is 1.35 bits per heavy atom. The molecule has 2 heterocycles. The van der Waals surface area contributed by atoms with Gasteiger partial charge in [0.15, 0.2) is 0 Å². The zero-order chi connectivity index (χ0) is 12.3. The lowest BCUT2D eigenvalue weighted by atomic mass is 9.92. The van der Waals surface area contributed by atoms with Crippen molar-refractivity contribution in [1.82, 2.24) is 9.97 Å². The van der Waals surface area contributed by atoms with Crippen LogP contribution in [0.4, 0.5) is 11.8 Å². The van der Waals surface area contributed by atoms with Gasteiger partial charge in [0.05, 0.1) is 0 Å². The maximum Gasteiger partial charge on any atom is 0.224 e. The van der Waals surface area contributed by atoms with Crippen LogP contribution in [0, 0.1) is 6.92 Å². The number of nitrogens with zero attached hydrogens (tertiary/aromatic N) is 2. The van der Waals surface area contributed by atoms with E-state index in [1.54, 1.807) is 0 Å². The van der Waals surface area contributed by atoms with E-state index in [0.717, 1.165) is 37.4 Å². The Labute approximate surface area is 102 Å². The lowest BCUT2D eigenvalue weighted by Gasteiger charge is -2.35. The van der Waals surface area contributed by atoms with Gasteiger partial charge in [-0.3, -0.25) is 0 Å². The van der Waals surface area contributed by atoms with Gasteiger partial charge in [-0.1, -0.05) is 0 Å². The van der Waals surface area contributed by atoms with Gasteiger partial charge in [0.2, 0.25) is 5.95 Å². The van der Waals surface area contributed by atoms with E-state index in [1.165, 1.54) is 0 Å². The lowest BCUT2D eigenvalue weighted by Crippen LogP contribution is -2.41. The van der Waals surface area contributed by atoms with Crippen molar-refractivity contribution >= 4 is 11.8 Å². The third kappa shape index (κ3) is 2.85. The molecule has 2 rings (SSSR count). The first-order chi connectivity index (χ1) is 8.13. The van der Waals surface area contributed by atoms with Crippen molar-refractivity contribution in [2.45, 2.75) is 32.2 Å². The number of hydrogen-bond acceptors (Lipinski definition) is 5. The molecule has 1 aromatic heterocycles. The monoisotopic (exact) mass is 236 g/mol. The van der Waals surface area contributed by atoms with Crippen LogP contribution in [0.3, 0.4) is 0 Å². The summed E-state index contributed by atoms with van der Waals surface area (Å²) in [5.41, 5.74) is 1.14. The molecule has 0 bridgehead atoms. The highest BCUT2D eigenvalue weighted by Crippen LogP contribution is 2.26. The number of rotatable bonds is 3. The van der Waals surface area contributed by atoms with Gasteiger partial charge < -0.3 is 15.4 Å². The van der Waals surface area contributed by atoms with Gasteiger partial charge >= 0.3 is 0 Å². The first-order valence-electron chi connectivity index (χ1n) is 6.00. The van der Waals surface area contributed by atoms with Crippen LogP contribution in [0.25, 0.3) is 0 Å². The predicted octanol–water partition coefficient (Wildman–Crippen LogP) is 1.81. The Balaban J connectivity index is 2.16. The Morgan fingerprint density at radius 3 is 2.71 bits per heavy atom. The molecule has 0 radical (unpaired) electrons. The number of ether oxygens (including phenoxy) is 1. The van der Waals surface area contributed by atoms with Crippen molar-refractivity contribution in [2.75, 3.05) is 30.9 Å². The van der Waals surface area contributed by atoms with Crippen LogP contribution in [0.1, 0.15) is 25.3 Å². The number of anilines is 2. The summed E-state index contributed by atoms with van der Waals surface area (Å²) in [6.45, 7) is 5.86. The zero-order valence-electron chi connectivity index (χ0n) is 10.7. The first kappa shape index (κ1) is 12.1. The van der Waals surface area contributed by atoms with Gasteiger partial charge in [0.1, 0.15) is 5.82 Å². The molecule has 2 N–H and O–H groups in total. The number of aromatic nitrogens is 2. The molecule has 1 aliphatic rings. The van der Waals surface area contributed by atoms with E-state index in [1.807, 2.05) is 20.2 Å². The summed E-state index contributed by atoms with van der Waals surface area (Å²) in [4.78, 5) is 8.64. The van der Waals surface area contributed by atoms with Crippen molar-refractivity contribution < 1.29 is 4.74 Å². The SMILES string of the molecule is CNc1ncc(C)c(NC2(C)CCOCC2)n1. The summed E-state index contributed by atoms with van der Waals surface area (Å²) >= 11 is 0. The second-order valence-electron chi connectivity index (χ2n) is 4.77. The van der Waals surface area contributed by atoms with Crippen molar-refractivity contribution in [3.63, 3.8) is 0 Å². The summed E-state index contributed by atoms with van der Waals surface area (Å²) in [5, 5.41) is 6.49. The molecule has 5 heteroatoms. The lowest BCUT2D eigenvalue weighted by molar-refractivity contribution is 0.0657. The summed E-state index contributed by atoms with van der Waals surface area (Å²) < 4.78 is 5.39. The molecular formula is C12H20N4O. The third-order valence-electron chi connectivity index (χ3n) is 3.21.